The van der Waals surface area contributed by atoms with E-state index >= 15 is 0 Å². The second-order valence-electron chi connectivity index (χ2n) is 6.77. The number of benzene rings is 1. The Labute approximate surface area is 159 Å². The number of aryl methyl sites for hydroxylation is 1. The molecule has 1 atom stereocenters. The number of rotatable bonds is 5. The number of para-hydroxylation sites is 1. The van der Waals surface area contributed by atoms with Crippen LogP contribution in [0.15, 0.2) is 30.5 Å². The summed E-state index contributed by atoms with van der Waals surface area (Å²) in [5.74, 6) is -0.00977. The fourth-order valence-electron chi connectivity index (χ4n) is 3.30. The van der Waals surface area contributed by atoms with Crippen molar-refractivity contribution in [2.24, 2.45) is 0 Å². The topological polar surface area (TPSA) is 47.4 Å². The van der Waals surface area contributed by atoms with Crippen molar-refractivity contribution in [2.75, 3.05) is 19.7 Å². The van der Waals surface area contributed by atoms with Crippen LogP contribution in [0.2, 0.25) is 5.02 Å². The summed E-state index contributed by atoms with van der Waals surface area (Å²) < 4.78 is 7.56. The van der Waals surface area contributed by atoms with Crippen LogP contribution in [0, 0.1) is 6.92 Å². The molecule has 1 aromatic heterocycles. The minimum Gasteiger partial charge on any atom is -0.378 e. The number of hydrogen-bond donors (Lipinski definition) is 0. The van der Waals surface area contributed by atoms with Gasteiger partial charge >= 0.3 is 0 Å². The lowest BCUT2D eigenvalue weighted by atomic mass is 10.1. The molecule has 0 spiro atoms. The zero-order valence-electron chi connectivity index (χ0n) is 15.4. The summed E-state index contributed by atoms with van der Waals surface area (Å²) in [4.78, 5) is 14.9. The largest absolute Gasteiger partial charge is 0.378 e. The molecular weight excluding hydrogens is 350 g/mol. The first-order chi connectivity index (χ1) is 12.6. The van der Waals surface area contributed by atoms with Crippen LogP contribution in [-0.4, -0.2) is 46.4 Å². The molecule has 3 rings (SSSR count). The molecule has 26 heavy (non-hydrogen) atoms. The van der Waals surface area contributed by atoms with E-state index < -0.39 is 0 Å². The Morgan fingerprint density at radius 2 is 2.12 bits per heavy atom. The number of halogens is 1. The number of hydrogen-bond acceptors (Lipinski definition) is 3. The maximum atomic E-state index is 13.0. The summed E-state index contributed by atoms with van der Waals surface area (Å²) in [5, 5.41) is 5.14. The number of nitrogens with zero attached hydrogens (tertiary/aromatic N) is 3. The summed E-state index contributed by atoms with van der Waals surface area (Å²) in [5.41, 5.74) is 2.14. The zero-order chi connectivity index (χ0) is 18.5. The molecule has 6 heteroatoms. The molecule has 5 nitrogen and oxygen atoms in total. The first-order valence-corrected chi connectivity index (χ1v) is 9.70. The Morgan fingerprint density at radius 3 is 2.88 bits per heavy atom. The van der Waals surface area contributed by atoms with Gasteiger partial charge in [0, 0.05) is 31.5 Å². The summed E-state index contributed by atoms with van der Waals surface area (Å²) in [6.07, 6.45) is 6.00. The van der Waals surface area contributed by atoms with Gasteiger partial charge in [0.2, 0.25) is 0 Å². The third kappa shape index (κ3) is 4.27. The summed E-state index contributed by atoms with van der Waals surface area (Å²) in [7, 11) is 0. The van der Waals surface area contributed by atoms with Gasteiger partial charge in [-0.15, -0.1) is 0 Å². The first-order valence-electron chi connectivity index (χ1n) is 9.32. The summed E-state index contributed by atoms with van der Waals surface area (Å²) in [6, 6.07) is 7.50. The molecule has 1 amide bonds. The van der Waals surface area contributed by atoms with Gasteiger partial charge in [-0.25, -0.2) is 4.68 Å². The van der Waals surface area contributed by atoms with Gasteiger partial charge in [0.15, 0.2) is 5.69 Å². The average Bonchev–Trinajstić information content (AvgIpc) is 2.87. The monoisotopic (exact) mass is 375 g/mol. The molecule has 1 unspecified atom stereocenters. The molecule has 1 aliphatic rings. The Kier molecular flexibility index (Phi) is 6.33. The molecule has 2 heterocycles. The predicted octanol–water partition coefficient (Wildman–Crippen LogP) is 4.26. The van der Waals surface area contributed by atoms with Gasteiger partial charge < -0.3 is 9.64 Å². The molecule has 140 valence electrons. The van der Waals surface area contributed by atoms with E-state index in [0.717, 1.165) is 50.1 Å². The number of ether oxygens (including phenoxy) is 1. The zero-order valence-corrected chi connectivity index (χ0v) is 16.2. The van der Waals surface area contributed by atoms with Gasteiger partial charge in [-0.2, -0.15) is 5.10 Å². The molecule has 1 fully saturated rings. The second kappa shape index (κ2) is 8.69. The molecule has 1 aromatic carbocycles. The molecule has 0 aliphatic carbocycles. The lowest BCUT2D eigenvalue weighted by molar-refractivity contribution is 0.0432. The highest BCUT2D eigenvalue weighted by Gasteiger charge is 2.25. The SMILES string of the molecule is CCCOC1CCCN(C(=O)c2nn(-c3ccccc3Cl)cc2C)CC1. The predicted molar refractivity (Wildman–Crippen MR) is 103 cm³/mol. The molecule has 2 aromatic rings. The smallest absolute Gasteiger partial charge is 0.274 e. The van der Waals surface area contributed by atoms with Crippen LogP contribution in [0.5, 0.6) is 0 Å². The van der Waals surface area contributed by atoms with Gasteiger partial charge in [0.1, 0.15) is 0 Å². The molecular formula is C20H26ClN3O2. The van der Waals surface area contributed by atoms with Gasteiger partial charge in [-0.05, 0) is 44.7 Å². The molecule has 0 radical (unpaired) electrons. The highest BCUT2D eigenvalue weighted by Crippen LogP contribution is 2.22. The normalized spacial score (nSPS) is 18.0. The van der Waals surface area contributed by atoms with Crippen molar-refractivity contribution in [3.8, 4) is 5.69 Å². The van der Waals surface area contributed by atoms with E-state index in [4.69, 9.17) is 16.3 Å². The quantitative estimate of drug-likeness (QED) is 0.784. The van der Waals surface area contributed by atoms with Crippen molar-refractivity contribution in [1.29, 1.82) is 0 Å². The van der Waals surface area contributed by atoms with Crippen LogP contribution in [0.25, 0.3) is 5.69 Å². The maximum Gasteiger partial charge on any atom is 0.274 e. The van der Waals surface area contributed by atoms with E-state index in [9.17, 15) is 4.79 Å². The van der Waals surface area contributed by atoms with Crippen LogP contribution in [0.4, 0.5) is 0 Å². The lowest BCUT2D eigenvalue weighted by Crippen LogP contribution is -2.33. The van der Waals surface area contributed by atoms with Crippen molar-refractivity contribution in [3.05, 3.63) is 46.7 Å². The Morgan fingerprint density at radius 1 is 1.31 bits per heavy atom. The van der Waals surface area contributed by atoms with E-state index in [1.54, 1.807) is 4.68 Å². The Balaban J connectivity index is 1.73. The number of carbonyl (C=O) groups excluding carboxylic acids is 1. The third-order valence-corrected chi connectivity index (χ3v) is 5.04. The van der Waals surface area contributed by atoms with Gasteiger partial charge in [0.05, 0.1) is 16.8 Å². The maximum absolute atomic E-state index is 13.0. The van der Waals surface area contributed by atoms with Crippen molar-refractivity contribution in [1.82, 2.24) is 14.7 Å². The molecule has 0 bridgehead atoms. The highest BCUT2D eigenvalue weighted by molar-refractivity contribution is 6.32. The molecule has 1 aliphatic heterocycles. The van der Waals surface area contributed by atoms with Gasteiger partial charge in [-0.3, -0.25) is 4.79 Å². The first kappa shape index (κ1) is 18.9. The minimum atomic E-state index is -0.00977. The van der Waals surface area contributed by atoms with Crippen LogP contribution >= 0.6 is 11.6 Å². The van der Waals surface area contributed by atoms with Gasteiger partial charge in [0.25, 0.3) is 5.91 Å². The number of likely N-dealkylation sites (tertiary alicyclic amines) is 1. The molecule has 1 saturated heterocycles. The second-order valence-corrected chi connectivity index (χ2v) is 7.18. The van der Waals surface area contributed by atoms with Crippen LogP contribution < -0.4 is 0 Å². The molecule has 0 saturated carbocycles. The van der Waals surface area contributed by atoms with Crippen molar-refractivity contribution < 1.29 is 9.53 Å². The Hall–Kier alpha value is -1.85. The van der Waals surface area contributed by atoms with Crippen molar-refractivity contribution >= 4 is 17.5 Å². The minimum absolute atomic E-state index is 0.00977. The van der Waals surface area contributed by atoms with E-state index in [2.05, 4.69) is 12.0 Å². The highest BCUT2D eigenvalue weighted by atomic mass is 35.5. The van der Waals surface area contributed by atoms with Crippen molar-refractivity contribution in [3.63, 3.8) is 0 Å². The molecule has 0 N–H and O–H groups in total. The van der Waals surface area contributed by atoms with E-state index in [1.165, 1.54) is 0 Å². The van der Waals surface area contributed by atoms with E-state index in [1.807, 2.05) is 42.3 Å². The number of carbonyl (C=O) groups is 1. The van der Waals surface area contributed by atoms with Crippen LogP contribution in [0.3, 0.4) is 0 Å². The number of amides is 1. The lowest BCUT2D eigenvalue weighted by Gasteiger charge is -2.20. The third-order valence-electron chi connectivity index (χ3n) is 4.72. The van der Waals surface area contributed by atoms with Gasteiger partial charge in [-0.1, -0.05) is 30.7 Å². The fourth-order valence-corrected chi connectivity index (χ4v) is 3.52. The fraction of sp³-hybridized carbons (Fsp3) is 0.500. The van der Waals surface area contributed by atoms with Crippen LogP contribution in [0.1, 0.15) is 48.7 Å². The van der Waals surface area contributed by atoms with Crippen molar-refractivity contribution in [2.45, 2.75) is 45.6 Å². The number of aromatic nitrogens is 2. The standard InChI is InChI=1S/C20H26ClN3O2/c1-3-13-26-16-7-6-11-23(12-10-16)20(25)19-15(2)14-24(22-19)18-9-5-4-8-17(18)21/h4-5,8-9,14,16H,3,6-7,10-13H2,1-2H3. The summed E-state index contributed by atoms with van der Waals surface area (Å²) >= 11 is 6.26. The summed E-state index contributed by atoms with van der Waals surface area (Å²) in [6.45, 7) is 6.29. The Bertz CT molecular complexity index is 759. The van der Waals surface area contributed by atoms with E-state index in [-0.39, 0.29) is 12.0 Å². The average molecular weight is 376 g/mol. The van der Waals surface area contributed by atoms with E-state index in [0.29, 0.717) is 17.3 Å². The van der Waals surface area contributed by atoms with Crippen LogP contribution in [-0.2, 0) is 4.74 Å².